The summed E-state index contributed by atoms with van der Waals surface area (Å²) in [5, 5.41) is 3.58. The number of benzene rings is 1. The van der Waals surface area contributed by atoms with Gasteiger partial charge in [0.05, 0.1) is 0 Å². The molecule has 2 heteroatoms. The fourth-order valence-electron chi connectivity index (χ4n) is 4.03. The summed E-state index contributed by atoms with van der Waals surface area (Å²) in [6, 6.07) is 6.98. The van der Waals surface area contributed by atoms with Crippen molar-refractivity contribution in [1.82, 2.24) is 5.32 Å². The van der Waals surface area contributed by atoms with Gasteiger partial charge >= 0.3 is 0 Å². The standard InChI is InChI=1S/C15H20N2/c1-3-11-4-2-8-17-10-12-6-7-16-9-14(12)13(5-1)15(11)17/h1,3,5,12,14,16H,2,4,6-10H2. The van der Waals surface area contributed by atoms with Gasteiger partial charge in [0.15, 0.2) is 0 Å². The Balaban J connectivity index is 1.85. The Morgan fingerprint density at radius 3 is 3.29 bits per heavy atom. The van der Waals surface area contributed by atoms with E-state index in [-0.39, 0.29) is 0 Å². The van der Waals surface area contributed by atoms with Gasteiger partial charge in [-0.2, -0.15) is 0 Å². The monoisotopic (exact) mass is 228 g/mol. The molecule has 0 spiro atoms. The van der Waals surface area contributed by atoms with Crippen molar-refractivity contribution in [2.24, 2.45) is 5.92 Å². The Morgan fingerprint density at radius 2 is 2.29 bits per heavy atom. The first kappa shape index (κ1) is 9.95. The van der Waals surface area contributed by atoms with Crippen molar-refractivity contribution in [3.05, 3.63) is 29.3 Å². The second-order valence-corrected chi connectivity index (χ2v) is 5.76. The number of anilines is 1. The lowest BCUT2D eigenvalue weighted by molar-refractivity contribution is 0.309. The van der Waals surface area contributed by atoms with E-state index in [0.29, 0.717) is 0 Å². The zero-order chi connectivity index (χ0) is 11.2. The second kappa shape index (κ2) is 3.74. The number of fused-ring (bicyclic) bond motifs is 2. The van der Waals surface area contributed by atoms with Gasteiger partial charge in [0.1, 0.15) is 0 Å². The van der Waals surface area contributed by atoms with Crippen molar-refractivity contribution in [1.29, 1.82) is 0 Å². The molecule has 17 heavy (non-hydrogen) atoms. The maximum absolute atomic E-state index is 3.58. The van der Waals surface area contributed by atoms with Crippen LogP contribution in [0.3, 0.4) is 0 Å². The third-order valence-corrected chi connectivity index (χ3v) is 4.82. The highest BCUT2D eigenvalue weighted by molar-refractivity contribution is 5.64. The van der Waals surface area contributed by atoms with Gasteiger partial charge in [0, 0.05) is 31.2 Å². The van der Waals surface area contributed by atoms with Crippen LogP contribution in [0.4, 0.5) is 5.69 Å². The molecule has 0 aromatic heterocycles. The smallest absolute Gasteiger partial charge is 0.0434 e. The predicted molar refractivity (Wildman–Crippen MR) is 70.7 cm³/mol. The molecule has 4 rings (SSSR count). The molecule has 1 fully saturated rings. The van der Waals surface area contributed by atoms with Gasteiger partial charge < -0.3 is 10.2 Å². The Bertz CT molecular complexity index is 441. The highest BCUT2D eigenvalue weighted by Crippen LogP contribution is 2.44. The molecule has 3 heterocycles. The SMILES string of the molecule is c1cc2c3c(c1)C1CNCCC1CN3CCC2. The average molecular weight is 228 g/mol. The first-order chi connectivity index (χ1) is 8.43. The van der Waals surface area contributed by atoms with E-state index >= 15 is 0 Å². The van der Waals surface area contributed by atoms with E-state index in [9.17, 15) is 0 Å². The number of rotatable bonds is 0. The van der Waals surface area contributed by atoms with Crippen molar-refractivity contribution in [2.45, 2.75) is 25.2 Å². The maximum atomic E-state index is 3.58. The van der Waals surface area contributed by atoms with E-state index in [2.05, 4.69) is 28.4 Å². The maximum Gasteiger partial charge on any atom is 0.0434 e. The molecular formula is C15H20N2. The molecule has 0 bridgehead atoms. The van der Waals surface area contributed by atoms with Crippen LogP contribution in [0.25, 0.3) is 0 Å². The molecule has 0 radical (unpaired) electrons. The summed E-state index contributed by atoms with van der Waals surface area (Å²) < 4.78 is 0. The third kappa shape index (κ3) is 1.43. The van der Waals surface area contributed by atoms with E-state index in [4.69, 9.17) is 0 Å². The lowest BCUT2D eigenvalue weighted by Crippen LogP contribution is -2.47. The summed E-state index contributed by atoms with van der Waals surface area (Å²) >= 11 is 0. The zero-order valence-corrected chi connectivity index (χ0v) is 10.3. The van der Waals surface area contributed by atoms with Gasteiger partial charge in [0.2, 0.25) is 0 Å². The predicted octanol–water partition coefficient (Wildman–Crippen LogP) is 2.15. The van der Waals surface area contributed by atoms with Crippen LogP contribution in [0.1, 0.15) is 29.9 Å². The van der Waals surface area contributed by atoms with Crippen LogP contribution in [0.5, 0.6) is 0 Å². The molecule has 2 unspecified atom stereocenters. The molecule has 1 saturated heterocycles. The van der Waals surface area contributed by atoms with E-state index < -0.39 is 0 Å². The fraction of sp³-hybridized carbons (Fsp3) is 0.600. The normalized spacial score (nSPS) is 30.7. The quantitative estimate of drug-likeness (QED) is 0.732. The summed E-state index contributed by atoms with van der Waals surface area (Å²) in [7, 11) is 0. The molecular weight excluding hydrogens is 208 g/mol. The molecule has 0 saturated carbocycles. The zero-order valence-electron chi connectivity index (χ0n) is 10.3. The van der Waals surface area contributed by atoms with E-state index in [1.165, 1.54) is 45.4 Å². The van der Waals surface area contributed by atoms with Gasteiger partial charge in [0.25, 0.3) is 0 Å². The van der Waals surface area contributed by atoms with Crippen LogP contribution >= 0.6 is 0 Å². The fourth-order valence-corrected chi connectivity index (χ4v) is 4.03. The second-order valence-electron chi connectivity index (χ2n) is 5.76. The van der Waals surface area contributed by atoms with Gasteiger partial charge in [-0.05, 0) is 42.9 Å². The highest BCUT2D eigenvalue weighted by Gasteiger charge is 2.36. The largest absolute Gasteiger partial charge is 0.371 e. The van der Waals surface area contributed by atoms with Crippen molar-refractivity contribution in [3.8, 4) is 0 Å². The summed E-state index contributed by atoms with van der Waals surface area (Å²) in [6.07, 6.45) is 3.97. The van der Waals surface area contributed by atoms with Gasteiger partial charge in [-0.15, -0.1) is 0 Å². The molecule has 1 N–H and O–H groups in total. The summed E-state index contributed by atoms with van der Waals surface area (Å²) in [6.45, 7) is 4.98. The first-order valence-corrected chi connectivity index (χ1v) is 7.01. The van der Waals surface area contributed by atoms with Crippen molar-refractivity contribution < 1.29 is 0 Å². The summed E-state index contributed by atoms with van der Waals surface area (Å²) in [4.78, 5) is 2.67. The Morgan fingerprint density at radius 1 is 1.29 bits per heavy atom. The molecule has 0 aliphatic carbocycles. The molecule has 2 atom stereocenters. The van der Waals surface area contributed by atoms with Crippen LogP contribution < -0.4 is 10.2 Å². The third-order valence-electron chi connectivity index (χ3n) is 4.82. The van der Waals surface area contributed by atoms with Crippen LogP contribution in [0.2, 0.25) is 0 Å². The summed E-state index contributed by atoms with van der Waals surface area (Å²) in [5.41, 5.74) is 4.83. The highest BCUT2D eigenvalue weighted by atomic mass is 15.2. The van der Waals surface area contributed by atoms with E-state index in [0.717, 1.165) is 11.8 Å². The van der Waals surface area contributed by atoms with Gasteiger partial charge in [-0.25, -0.2) is 0 Å². The van der Waals surface area contributed by atoms with Crippen LogP contribution in [0.15, 0.2) is 18.2 Å². The number of hydrogen-bond donors (Lipinski definition) is 1. The lowest BCUT2D eigenvalue weighted by Gasteiger charge is -2.46. The number of nitrogens with zero attached hydrogens (tertiary/aromatic N) is 1. The van der Waals surface area contributed by atoms with E-state index in [1.807, 2.05) is 0 Å². The molecule has 0 amide bonds. The van der Waals surface area contributed by atoms with Gasteiger partial charge in [-0.3, -0.25) is 0 Å². The average Bonchev–Trinajstić information content (AvgIpc) is 2.39. The van der Waals surface area contributed by atoms with Gasteiger partial charge in [-0.1, -0.05) is 18.2 Å². The van der Waals surface area contributed by atoms with E-state index in [1.54, 1.807) is 16.8 Å². The van der Waals surface area contributed by atoms with Crippen LogP contribution in [-0.2, 0) is 6.42 Å². The molecule has 90 valence electrons. The number of nitrogens with one attached hydrogen (secondary N) is 1. The van der Waals surface area contributed by atoms with Crippen molar-refractivity contribution >= 4 is 5.69 Å². The lowest BCUT2D eigenvalue weighted by atomic mass is 9.75. The van der Waals surface area contributed by atoms with Crippen molar-refractivity contribution in [2.75, 3.05) is 31.1 Å². The molecule has 1 aromatic carbocycles. The van der Waals surface area contributed by atoms with Crippen LogP contribution in [0, 0.1) is 5.92 Å². The molecule has 2 nitrogen and oxygen atoms in total. The molecule has 1 aromatic rings. The minimum absolute atomic E-state index is 0.771. The van der Waals surface area contributed by atoms with Crippen LogP contribution in [-0.4, -0.2) is 26.2 Å². The Labute approximate surface area is 103 Å². The Hall–Kier alpha value is -1.02. The number of aryl methyl sites for hydroxylation is 1. The number of piperidine rings is 1. The first-order valence-electron chi connectivity index (χ1n) is 7.01. The number of para-hydroxylation sites is 1. The minimum atomic E-state index is 0.771. The number of hydrogen-bond acceptors (Lipinski definition) is 2. The summed E-state index contributed by atoms with van der Waals surface area (Å²) in [5.74, 6) is 1.66. The van der Waals surface area contributed by atoms with Crippen molar-refractivity contribution in [3.63, 3.8) is 0 Å². The molecule has 3 aliphatic heterocycles. The minimum Gasteiger partial charge on any atom is -0.371 e. The molecule has 3 aliphatic rings. The Kier molecular flexibility index (Phi) is 2.19. The topological polar surface area (TPSA) is 15.3 Å².